The molecule has 0 radical (unpaired) electrons. The molecule has 0 amide bonds. The van der Waals surface area contributed by atoms with Crippen LogP contribution in [-0.4, -0.2) is 30.1 Å². The lowest BCUT2D eigenvalue weighted by Gasteiger charge is -2.12. The molecule has 186 valence electrons. The average molecular weight is 518 g/mol. The lowest BCUT2D eigenvalue weighted by molar-refractivity contribution is 0.465. The normalized spacial score (nSPS) is 11.0. The van der Waals surface area contributed by atoms with Gasteiger partial charge in [0.15, 0.2) is 5.82 Å². The largest absolute Gasteiger partial charge is 0.438 e. The molecule has 6 rings (SSSR count). The Morgan fingerprint density at radius 1 is 0.842 bits per heavy atom. The summed E-state index contributed by atoms with van der Waals surface area (Å²) in [6.45, 7) is 4.01. The molecule has 4 heterocycles. The fourth-order valence-electron chi connectivity index (χ4n) is 4.06. The van der Waals surface area contributed by atoms with Gasteiger partial charge in [-0.3, -0.25) is 0 Å². The molecular weight excluding hydrogens is 494 g/mol. The van der Waals surface area contributed by atoms with E-state index in [2.05, 4.69) is 35.5 Å². The minimum absolute atomic E-state index is 0.485. The molecule has 0 saturated heterocycles. The van der Waals surface area contributed by atoms with Crippen molar-refractivity contribution in [3.05, 3.63) is 96.0 Å². The summed E-state index contributed by atoms with van der Waals surface area (Å²) in [5, 5.41) is 17.2. The smallest absolute Gasteiger partial charge is 0.228 e. The highest BCUT2D eigenvalue weighted by Crippen LogP contribution is 2.34. The number of fused-ring (bicyclic) bond motifs is 1. The highest BCUT2D eigenvalue weighted by atomic mass is 32.1. The number of rotatable bonds is 7. The van der Waals surface area contributed by atoms with E-state index in [1.807, 2.05) is 86.0 Å². The van der Waals surface area contributed by atoms with Crippen molar-refractivity contribution >= 4 is 33.6 Å². The van der Waals surface area contributed by atoms with E-state index in [1.54, 1.807) is 23.7 Å². The summed E-state index contributed by atoms with van der Waals surface area (Å²) in [7, 11) is 0. The molecule has 0 aliphatic heterocycles. The van der Waals surface area contributed by atoms with Crippen molar-refractivity contribution in [1.29, 1.82) is 0 Å². The molecule has 0 atom stereocenters. The topological polar surface area (TPSA) is 98.6 Å². The predicted octanol–water partition coefficient (Wildman–Crippen LogP) is 7.01. The van der Waals surface area contributed by atoms with Gasteiger partial charge in [-0.05, 0) is 49.4 Å². The summed E-state index contributed by atoms with van der Waals surface area (Å²) in [4.78, 5) is 17.9. The summed E-state index contributed by atoms with van der Waals surface area (Å²) in [5.41, 5.74) is 4.21. The number of anilines is 2. The Labute approximate surface area is 223 Å². The minimum atomic E-state index is 0.485. The van der Waals surface area contributed by atoms with Gasteiger partial charge < -0.3 is 10.1 Å². The van der Waals surface area contributed by atoms with Crippen LogP contribution in [0, 0.1) is 6.92 Å². The molecule has 38 heavy (non-hydrogen) atoms. The van der Waals surface area contributed by atoms with Crippen LogP contribution < -0.4 is 10.1 Å². The standard InChI is InChI=1S/C29H23N7OS/c1-3-25-30-16-14-24(34-25)23-9-6-15-31-28(23)37-20-12-10-19(11-13-20)33-27-22-8-5-4-7-21(22)26(35-36-27)29-32-18(2)17-38-29/h4-17H,3H2,1-2H3,(H,33,36). The van der Waals surface area contributed by atoms with Gasteiger partial charge >= 0.3 is 0 Å². The van der Waals surface area contributed by atoms with Crippen molar-refractivity contribution in [3.63, 3.8) is 0 Å². The van der Waals surface area contributed by atoms with Crippen LogP contribution in [0.3, 0.4) is 0 Å². The van der Waals surface area contributed by atoms with Crippen LogP contribution >= 0.6 is 11.3 Å². The number of hydrogen-bond acceptors (Lipinski definition) is 9. The predicted molar refractivity (Wildman–Crippen MR) is 150 cm³/mol. The fourth-order valence-corrected chi connectivity index (χ4v) is 4.85. The zero-order chi connectivity index (χ0) is 25.9. The highest BCUT2D eigenvalue weighted by molar-refractivity contribution is 7.13. The summed E-state index contributed by atoms with van der Waals surface area (Å²) >= 11 is 1.57. The minimum Gasteiger partial charge on any atom is -0.438 e. The molecule has 2 aromatic carbocycles. The molecule has 0 unspecified atom stereocenters. The van der Waals surface area contributed by atoms with E-state index in [9.17, 15) is 0 Å². The molecule has 0 bridgehead atoms. The first kappa shape index (κ1) is 23.6. The van der Waals surface area contributed by atoms with Gasteiger partial charge in [0.25, 0.3) is 0 Å². The second-order valence-electron chi connectivity index (χ2n) is 8.56. The molecule has 9 heteroatoms. The van der Waals surface area contributed by atoms with Crippen molar-refractivity contribution in [2.45, 2.75) is 20.3 Å². The Bertz CT molecular complexity index is 1730. The molecule has 1 N–H and O–H groups in total. The molecule has 6 aromatic rings. The zero-order valence-corrected chi connectivity index (χ0v) is 21.6. The van der Waals surface area contributed by atoms with Gasteiger partial charge in [0.2, 0.25) is 5.88 Å². The van der Waals surface area contributed by atoms with Crippen molar-refractivity contribution in [3.8, 4) is 33.6 Å². The first-order valence-corrected chi connectivity index (χ1v) is 13.1. The Morgan fingerprint density at radius 2 is 1.68 bits per heavy atom. The van der Waals surface area contributed by atoms with Crippen LogP contribution in [0.5, 0.6) is 11.6 Å². The van der Waals surface area contributed by atoms with Crippen molar-refractivity contribution < 1.29 is 4.74 Å². The van der Waals surface area contributed by atoms with E-state index in [0.717, 1.165) is 56.4 Å². The number of nitrogens with zero attached hydrogens (tertiary/aromatic N) is 6. The third kappa shape index (κ3) is 4.79. The van der Waals surface area contributed by atoms with Gasteiger partial charge in [-0.25, -0.2) is 19.9 Å². The highest BCUT2D eigenvalue weighted by Gasteiger charge is 2.14. The lowest BCUT2D eigenvalue weighted by atomic mass is 10.1. The van der Waals surface area contributed by atoms with Crippen LogP contribution in [-0.2, 0) is 6.42 Å². The van der Waals surface area contributed by atoms with Crippen LogP contribution in [0.4, 0.5) is 11.5 Å². The van der Waals surface area contributed by atoms with Crippen LogP contribution in [0.25, 0.3) is 32.7 Å². The molecule has 0 aliphatic rings. The number of pyridine rings is 1. The van der Waals surface area contributed by atoms with E-state index < -0.39 is 0 Å². The Hall–Kier alpha value is -4.76. The van der Waals surface area contributed by atoms with Gasteiger partial charge in [-0.15, -0.1) is 21.5 Å². The Kier molecular flexibility index (Phi) is 6.41. The maximum absolute atomic E-state index is 6.15. The molecule has 0 fully saturated rings. The number of benzene rings is 2. The van der Waals surface area contributed by atoms with E-state index in [-0.39, 0.29) is 0 Å². The van der Waals surface area contributed by atoms with Crippen LogP contribution in [0.1, 0.15) is 18.4 Å². The van der Waals surface area contributed by atoms with Crippen LogP contribution in [0.15, 0.2) is 84.5 Å². The Balaban J connectivity index is 1.25. The summed E-state index contributed by atoms with van der Waals surface area (Å²) in [6, 6.07) is 21.4. The molecule has 8 nitrogen and oxygen atoms in total. The molecular formula is C29H23N7OS. The molecule has 4 aromatic heterocycles. The summed E-state index contributed by atoms with van der Waals surface area (Å²) in [5.74, 6) is 2.59. The van der Waals surface area contributed by atoms with E-state index in [1.165, 1.54) is 0 Å². The number of nitrogens with one attached hydrogen (secondary N) is 1. The summed E-state index contributed by atoms with van der Waals surface area (Å²) < 4.78 is 6.15. The van der Waals surface area contributed by atoms with Gasteiger partial charge in [-0.2, -0.15) is 0 Å². The number of ether oxygens (including phenoxy) is 1. The van der Waals surface area contributed by atoms with Gasteiger partial charge in [-0.1, -0.05) is 31.2 Å². The van der Waals surface area contributed by atoms with E-state index in [0.29, 0.717) is 17.4 Å². The van der Waals surface area contributed by atoms with Crippen molar-refractivity contribution in [2.24, 2.45) is 0 Å². The first-order chi connectivity index (χ1) is 18.7. The second-order valence-corrected chi connectivity index (χ2v) is 9.41. The third-order valence-electron chi connectivity index (χ3n) is 5.91. The average Bonchev–Trinajstić information content (AvgIpc) is 3.40. The number of thiazole rings is 1. The van der Waals surface area contributed by atoms with Gasteiger partial charge in [0, 0.05) is 46.3 Å². The molecule has 0 spiro atoms. The van der Waals surface area contributed by atoms with Gasteiger partial charge in [0.1, 0.15) is 22.3 Å². The maximum atomic E-state index is 6.15. The van der Waals surface area contributed by atoms with E-state index in [4.69, 9.17) is 4.74 Å². The fraction of sp³-hybridized carbons (Fsp3) is 0.103. The SMILES string of the molecule is CCc1nccc(-c2cccnc2Oc2ccc(Nc3nnc(-c4nc(C)cs4)c4ccccc34)cc2)n1. The number of hydrogen-bond donors (Lipinski definition) is 1. The Morgan fingerprint density at radius 3 is 2.47 bits per heavy atom. The first-order valence-electron chi connectivity index (χ1n) is 12.2. The molecule has 0 aliphatic carbocycles. The maximum Gasteiger partial charge on any atom is 0.228 e. The third-order valence-corrected chi connectivity index (χ3v) is 6.88. The monoisotopic (exact) mass is 517 g/mol. The van der Waals surface area contributed by atoms with E-state index >= 15 is 0 Å². The van der Waals surface area contributed by atoms with Gasteiger partial charge in [0.05, 0.1) is 11.3 Å². The van der Waals surface area contributed by atoms with Crippen molar-refractivity contribution in [1.82, 2.24) is 30.1 Å². The molecule has 0 saturated carbocycles. The second kappa shape index (κ2) is 10.3. The van der Waals surface area contributed by atoms with Crippen molar-refractivity contribution in [2.75, 3.05) is 5.32 Å². The summed E-state index contributed by atoms with van der Waals surface area (Å²) in [6.07, 6.45) is 4.22. The number of aromatic nitrogens is 6. The number of aryl methyl sites for hydroxylation is 2. The zero-order valence-electron chi connectivity index (χ0n) is 20.8. The van der Waals surface area contributed by atoms with Crippen LogP contribution in [0.2, 0.25) is 0 Å². The lowest BCUT2D eigenvalue weighted by Crippen LogP contribution is -1.99. The quantitative estimate of drug-likeness (QED) is 0.241.